The lowest BCUT2D eigenvalue weighted by molar-refractivity contribution is 0.207. The van der Waals surface area contributed by atoms with Gasteiger partial charge in [-0.05, 0) is 44.5 Å². The van der Waals surface area contributed by atoms with E-state index in [9.17, 15) is 9.90 Å². The molecule has 0 radical (unpaired) electrons. The average Bonchev–Trinajstić information content (AvgIpc) is 2.78. The Balaban J connectivity index is 1.72. The Bertz CT molecular complexity index is 1090. The van der Waals surface area contributed by atoms with Crippen molar-refractivity contribution in [3.8, 4) is 5.75 Å². The van der Waals surface area contributed by atoms with Gasteiger partial charge in [0.25, 0.3) is 5.56 Å². The fourth-order valence-electron chi connectivity index (χ4n) is 4.48. The maximum atomic E-state index is 13.4. The van der Waals surface area contributed by atoms with E-state index >= 15 is 0 Å². The second-order valence-corrected chi connectivity index (χ2v) is 8.16. The highest BCUT2D eigenvalue weighted by molar-refractivity contribution is 5.43. The minimum Gasteiger partial charge on any atom is -0.507 e. The van der Waals surface area contributed by atoms with Crippen molar-refractivity contribution in [1.29, 1.82) is 0 Å². The molecule has 1 unspecified atom stereocenters. The number of benzene rings is 1. The highest BCUT2D eigenvalue weighted by Gasteiger charge is 2.31. The fourth-order valence-corrected chi connectivity index (χ4v) is 4.48. The smallest absolute Gasteiger partial charge is 0.259 e. The van der Waals surface area contributed by atoms with Crippen LogP contribution < -0.4 is 10.5 Å². The van der Waals surface area contributed by atoms with Crippen LogP contribution in [-0.4, -0.2) is 45.7 Å². The molecule has 4 rings (SSSR count). The second kappa shape index (κ2) is 8.94. The number of piperazine rings is 1. The van der Waals surface area contributed by atoms with E-state index in [1.165, 1.54) is 5.56 Å². The lowest BCUT2D eigenvalue weighted by atomic mass is 9.95. The number of aromatic hydroxyl groups is 1. The van der Waals surface area contributed by atoms with Crippen molar-refractivity contribution in [3.05, 3.63) is 87.5 Å². The topological polar surface area (TPSA) is 61.6 Å². The van der Waals surface area contributed by atoms with Gasteiger partial charge < -0.3 is 14.6 Å². The van der Waals surface area contributed by atoms with Gasteiger partial charge in [-0.15, -0.1) is 0 Å². The Labute approximate surface area is 183 Å². The van der Waals surface area contributed by atoms with Crippen LogP contribution in [0.3, 0.4) is 0 Å². The van der Waals surface area contributed by atoms with E-state index in [1.54, 1.807) is 10.6 Å². The third-order valence-corrected chi connectivity index (χ3v) is 6.16. The number of nitrogens with zero attached hydrogens (tertiary/aromatic N) is 4. The van der Waals surface area contributed by atoms with Crippen LogP contribution in [0.4, 0.5) is 5.82 Å². The van der Waals surface area contributed by atoms with Crippen molar-refractivity contribution in [2.45, 2.75) is 33.4 Å². The zero-order chi connectivity index (χ0) is 22.0. The summed E-state index contributed by atoms with van der Waals surface area (Å²) in [6, 6.07) is 15.6. The van der Waals surface area contributed by atoms with Gasteiger partial charge in [-0.3, -0.25) is 9.69 Å². The third-order valence-electron chi connectivity index (χ3n) is 6.16. The molecule has 1 atom stereocenters. The summed E-state index contributed by atoms with van der Waals surface area (Å²) in [4.78, 5) is 22.4. The number of aryl methyl sites for hydroxylation is 2. The molecule has 31 heavy (non-hydrogen) atoms. The summed E-state index contributed by atoms with van der Waals surface area (Å²) in [6.45, 7) is 9.62. The van der Waals surface area contributed by atoms with E-state index in [0.717, 1.165) is 43.3 Å². The number of anilines is 1. The molecule has 162 valence electrons. The molecular formula is C25H30N4O2. The number of rotatable bonds is 5. The molecule has 3 heterocycles. The van der Waals surface area contributed by atoms with Crippen molar-refractivity contribution in [1.82, 2.24) is 14.5 Å². The van der Waals surface area contributed by atoms with Gasteiger partial charge in [0.15, 0.2) is 0 Å². The average molecular weight is 419 g/mol. The molecule has 0 saturated carbocycles. The van der Waals surface area contributed by atoms with E-state index in [4.69, 9.17) is 0 Å². The Morgan fingerprint density at radius 2 is 1.74 bits per heavy atom. The third kappa shape index (κ3) is 4.21. The highest BCUT2D eigenvalue weighted by atomic mass is 16.3. The van der Waals surface area contributed by atoms with Crippen LogP contribution in [0.25, 0.3) is 0 Å². The van der Waals surface area contributed by atoms with Crippen LogP contribution in [0.15, 0.2) is 59.5 Å². The first kappa shape index (κ1) is 21.1. The van der Waals surface area contributed by atoms with E-state index in [1.807, 2.05) is 38.2 Å². The molecule has 0 bridgehead atoms. The lowest BCUT2D eigenvalue weighted by Crippen LogP contribution is -2.49. The summed E-state index contributed by atoms with van der Waals surface area (Å²) in [5.74, 6) is 1.05. The van der Waals surface area contributed by atoms with E-state index in [2.05, 4.69) is 46.0 Å². The molecule has 0 amide bonds. The second-order valence-electron chi connectivity index (χ2n) is 8.16. The summed E-state index contributed by atoms with van der Waals surface area (Å²) in [6.07, 6.45) is 1.81. The molecule has 6 heteroatoms. The molecule has 0 spiro atoms. The van der Waals surface area contributed by atoms with E-state index in [-0.39, 0.29) is 17.4 Å². The van der Waals surface area contributed by atoms with Gasteiger partial charge in [0, 0.05) is 44.6 Å². The standard InChI is InChI=1S/C25H30N4O2/c1-4-29-19(3)17-21(30)23(25(29)31)24(20-10-8-18(2)9-11-20)28-15-13-27(14-16-28)22-7-5-6-12-26-22/h5-12,17,24,30H,4,13-16H2,1-3H3. The molecule has 1 aliphatic heterocycles. The molecule has 6 nitrogen and oxygen atoms in total. The predicted molar refractivity (Wildman–Crippen MR) is 124 cm³/mol. The summed E-state index contributed by atoms with van der Waals surface area (Å²) in [5.41, 5.74) is 3.31. The van der Waals surface area contributed by atoms with Crippen LogP contribution in [0, 0.1) is 13.8 Å². The van der Waals surface area contributed by atoms with Crippen LogP contribution in [0.5, 0.6) is 5.75 Å². The first-order chi connectivity index (χ1) is 15.0. The summed E-state index contributed by atoms with van der Waals surface area (Å²) < 4.78 is 1.74. The zero-order valence-corrected chi connectivity index (χ0v) is 18.5. The Hall–Kier alpha value is -3.12. The molecule has 1 aliphatic rings. The van der Waals surface area contributed by atoms with Gasteiger partial charge in [-0.1, -0.05) is 35.9 Å². The number of pyridine rings is 2. The molecule has 2 aromatic heterocycles. The van der Waals surface area contributed by atoms with E-state index < -0.39 is 0 Å². The monoisotopic (exact) mass is 418 g/mol. The Morgan fingerprint density at radius 3 is 2.35 bits per heavy atom. The molecule has 0 aliphatic carbocycles. The van der Waals surface area contributed by atoms with Crippen LogP contribution in [-0.2, 0) is 6.54 Å². The lowest BCUT2D eigenvalue weighted by Gasteiger charge is -2.40. The maximum Gasteiger partial charge on any atom is 0.259 e. The van der Waals surface area contributed by atoms with Crippen molar-refractivity contribution < 1.29 is 5.11 Å². The normalized spacial score (nSPS) is 15.8. The summed E-state index contributed by atoms with van der Waals surface area (Å²) in [7, 11) is 0. The van der Waals surface area contributed by atoms with Crippen molar-refractivity contribution in [2.24, 2.45) is 0 Å². The van der Waals surface area contributed by atoms with Gasteiger partial charge >= 0.3 is 0 Å². The summed E-state index contributed by atoms with van der Waals surface area (Å²) >= 11 is 0. The first-order valence-corrected chi connectivity index (χ1v) is 10.9. The minimum absolute atomic E-state index is 0.0740. The largest absolute Gasteiger partial charge is 0.507 e. The number of hydrogen-bond acceptors (Lipinski definition) is 5. The molecule has 1 N–H and O–H groups in total. The summed E-state index contributed by atoms with van der Waals surface area (Å²) in [5, 5.41) is 10.9. The minimum atomic E-state index is -0.294. The van der Waals surface area contributed by atoms with Gasteiger partial charge in [0.2, 0.25) is 0 Å². The van der Waals surface area contributed by atoms with Crippen LogP contribution in [0.2, 0.25) is 0 Å². The van der Waals surface area contributed by atoms with Gasteiger partial charge in [0.1, 0.15) is 11.6 Å². The molecule has 1 saturated heterocycles. The molecule has 3 aromatic rings. The van der Waals surface area contributed by atoms with Crippen molar-refractivity contribution >= 4 is 5.82 Å². The van der Waals surface area contributed by atoms with Crippen molar-refractivity contribution in [2.75, 3.05) is 31.1 Å². The fraction of sp³-hybridized carbons (Fsp3) is 0.360. The van der Waals surface area contributed by atoms with Crippen LogP contribution >= 0.6 is 0 Å². The molecule has 1 fully saturated rings. The predicted octanol–water partition coefficient (Wildman–Crippen LogP) is 3.50. The zero-order valence-electron chi connectivity index (χ0n) is 18.5. The van der Waals surface area contributed by atoms with Crippen LogP contribution in [0.1, 0.15) is 35.3 Å². The quantitative estimate of drug-likeness (QED) is 0.687. The highest BCUT2D eigenvalue weighted by Crippen LogP contribution is 2.33. The molecule has 1 aromatic carbocycles. The van der Waals surface area contributed by atoms with Crippen molar-refractivity contribution in [3.63, 3.8) is 0 Å². The SMILES string of the molecule is CCn1c(C)cc(O)c(C(c2ccc(C)cc2)N2CCN(c3ccccn3)CC2)c1=O. The van der Waals surface area contributed by atoms with Gasteiger partial charge in [0.05, 0.1) is 11.6 Å². The Kier molecular flexibility index (Phi) is 6.09. The van der Waals surface area contributed by atoms with Gasteiger partial charge in [-0.25, -0.2) is 4.98 Å². The molecular weight excluding hydrogens is 388 g/mol. The first-order valence-electron chi connectivity index (χ1n) is 10.9. The van der Waals surface area contributed by atoms with E-state index in [0.29, 0.717) is 12.1 Å². The Morgan fingerprint density at radius 1 is 1.03 bits per heavy atom. The number of aromatic nitrogens is 2. The van der Waals surface area contributed by atoms with Gasteiger partial charge in [-0.2, -0.15) is 0 Å². The number of hydrogen-bond donors (Lipinski definition) is 1. The maximum absolute atomic E-state index is 13.4.